The Morgan fingerprint density at radius 1 is 1.46 bits per heavy atom. The third kappa shape index (κ3) is 2.29. The number of nitrogens with one attached hydrogen (secondary N) is 1. The van der Waals surface area contributed by atoms with Gasteiger partial charge in [0.1, 0.15) is 5.82 Å². The van der Waals surface area contributed by atoms with Gasteiger partial charge in [-0.15, -0.1) is 0 Å². The summed E-state index contributed by atoms with van der Waals surface area (Å²) < 4.78 is 13.8. The largest absolute Gasteiger partial charge is 0.314 e. The van der Waals surface area contributed by atoms with E-state index in [0.29, 0.717) is 6.04 Å². The molecule has 1 aromatic rings. The van der Waals surface area contributed by atoms with Crippen molar-refractivity contribution in [2.45, 2.75) is 18.9 Å². The molecule has 1 aromatic carbocycles. The topological polar surface area (TPSA) is 12.0 Å². The van der Waals surface area contributed by atoms with Crippen LogP contribution in [0, 0.1) is 5.82 Å². The van der Waals surface area contributed by atoms with Gasteiger partial charge in [0.2, 0.25) is 0 Å². The van der Waals surface area contributed by atoms with Crippen LogP contribution in [0.1, 0.15) is 12.0 Å². The van der Waals surface area contributed by atoms with E-state index in [1.165, 1.54) is 12.5 Å². The second-order valence-corrected chi connectivity index (χ2v) is 4.34. The SMILES string of the molecule is Fc1cc(Br)cc(CC2CCN2)c1. The first-order chi connectivity index (χ1) is 6.24. The summed E-state index contributed by atoms with van der Waals surface area (Å²) in [6.45, 7) is 1.10. The number of hydrogen-bond donors (Lipinski definition) is 1. The van der Waals surface area contributed by atoms with Crippen LogP contribution in [0.3, 0.4) is 0 Å². The summed E-state index contributed by atoms with van der Waals surface area (Å²) in [6.07, 6.45) is 2.13. The zero-order valence-electron chi connectivity index (χ0n) is 7.19. The van der Waals surface area contributed by atoms with E-state index in [0.717, 1.165) is 23.0 Å². The molecule has 1 fully saturated rings. The Morgan fingerprint density at radius 2 is 2.23 bits per heavy atom. The molecule has 0 amide bonds. The maximum absolute atomic E-state index is 12.9. The highest BCUT2D eigenvalue weighted by molar-refractivity contribution is 9.10. The Bertz CT molecular complexity index is 290. The van der Waals surface area contributed by atoms with E-state index >= 15 is 0 Å². The highest BCUT2D eigenvalue weighted by Crippen LogP contribution is 2.18. The molecule has 0 aliphatic carbocycles. The van der Waals surface area contributed by atoms with Crippen LogP contribution in [0.2, 0.25) is 0 Å². The third-order valence-corrected chi connectivity index (χ3v) is 2.79. The van der Waals surface area contributed by atoms with Crippen molar-refractivity contribution in [3.05, 3.63) is 34.1 Å². The quantitative estimate of drug-likeness (QED) is 0.842. The van der Waals surface area contributed by atoms with Crippen LogP contribution in [-0.4, -0.2) is 12.6 Å². The molecule has 1 saturated heterocycles. The number of benzene rings is 1. The van der Waals surface area contributed by atoms with Crippen molar-refractivity contribution in [2.24, 2.45) is 0 Å². The van der Waals surface area contributed by atoms with Crippen molar-refractivity contribution in [1.29, 1.82) is 0 Å². The molecule has 1 heterocycles. The van der Waals surface area contributed by atoms with Gasteiger partial charge in [0.25, 0.3) is 0 Å². The van der Waals surface area contributed by atoms with E-state index in [2.05, 4.69) is 21.2 Å². The fourth-order valence-electron chi connectivity index (χ4n) is 1.54. The summed E-state index contributed by atoms with van der Waals surface area (Å²) in [5.74, 6) is -0.163. The average molecular weight is 244 g/mol. The van der Waals surface area contributed by atoms with E-state index in [1.807, 2.05) is 6.07 Å². The standard InChI is InChI=1S/C10H11BrFN/c11-8-3-7(4-9(12)6-8)5-10-1-2-13-10/h3-4,6,10,13H,1-2,5H2. The first-order valence-corrected chi connectivity index (χ1v) is 5.22. The van der Waals surface area contributed by atoms with Crippen molar-refractivity contribution >= 4 is 15.9 Å². The third-order valence-electron chi connectivity index (χ3n) is 2.33. The van der Waals surface area contributed by atoms with Crippen molar-refractivity contribution in [2.75, 3.05) is 6.54 Å². The molecule has 1 nitrogen and oxygen atoms in total. The lowest BCUT2D eigenvalue weighted by Crippen LogP contribution is -2.44. The molecule has 70 valence electrons. The fourth-order valence-corrected chi connectivity index (χ4v) is 2.05. The van der Waals surface area contributed by atoms with Crippen LogP contribution in [0.4, 0.5) is 4.39 Å². The van der Waals surface area contributed by atoms with Crippen LogP contribution in [-0.2, 0) is 6.42 Å². The molecule has 13 heavy (non-hydrogen) atoms. The zero-order chi connectivity index (χ0) is 9.26. The van der Waals surface area contributed by atoms with Crippen molar-refractivity contribution in [3.8, 4) is 0 Å². The van der Waals surface area contributed by atoms with E-state index in [9.17, 15) is 4.39 Å². The minimum atomic E-state index is -0.163. The first-order valence-electron chi connectivity index (χ1n) is 4.42. The molecule has 2 rings (SSSR count). The predicted octanol–water partition coefficient (Wildman–Crippen LogP) is 2.49. The van der Waals surface area contributed by atoms with Crippen LogP contribution in [0.5, 0.6) is 0 Å². The highest BCUT2D eigenvalue weighted by atomic mass is 79.9. The maximum Gasteiger partial charge on any atom is 0.124 e. The zero-order valence-corrected chi connectivity index (χ0v) is 8.77. The molecule has 1 unspecified atom stereocenters. The Labute approximate surface area is 85.5 Å². The van der Waals surface area contributed by atoms with Crippen LogP contribution >= 0.6 is 15.9 Å². The molecule has 1 atom stereocenters. The van der Waals surface area contributed by atoms with E-state index in [1.54, 1.807) is 6.07 Å². The van der Waals surface area contributed by atoms with Gasteiger partial charge in [0, 0.05) is 10.5 Å². The summed E-state index contributed by atoms with van der Waals surface area (Å²) in [6, 6.07) is 5.61. The van der Waals surface area contributed by atoms with E-state index in [-0.39, 0.29) is 5.82 Å². The predicted molar refractivity (Wildman–Crippen MR) is 54.2 cm³/mol. The molecule has 0 bridgehead atoms. The number of rotatable bonds is 2. The van der Waals surface area contributed by atoms with E-state index in [4.69, 9.17) is 0 Å². The van der Waals surface area contributed by atoms with Gasteiger partial charge in [-0.2, -0.15) is 0 Å². The van der Waals surface area contributed by atoms with Crippen LogP contribution < -0.4 is 5.32 Å². The molecular weight excluding hydrogens is 233 g/mol. The van der Waals surface area contributed by atoms with Gasteiger partial charge >= 0.3 is 0 Å². The molecule has 1 aliphatic heterocycles. The average Bonchev–Trinajstić information content (AvgIpc) is 1.95. The fraction of sp³-hybridized carbons (Fsp3) is 0.400. The Morgan fingerprint density at radius 3 is 2.77 bits per heavy atom. The lowest BCUT2D eigenvalue weighted by atomic mass is 9.98. The molecule has 3 heteroatoms. The second kappa shape index (κ2) is 3.76. The van der Waals surface area contributed by atoms with Gasteiger partial charge < -0.3 is 5.32 Å². The monoisotopic (exact) mass is 243 g/mol. The first kappa shape index (κ1) is 9.16. The summed E-state index contributed by atoms with van der Waals surface area (Å²) in [7, 11) is 0. The van der Waals surface area contributed by atoms with Gasteiger partial charge in [-0.05, 0) is 43.1 Å². The van der Waals surface area contributed by atoms with Crippen molar-refractivity contribution < 1.29 is 4.39 Å². The smallest absolute Gasteiger partial charge is 0.124 e. The van der Waals surface area contributed by atoms with Crippen molar-refractivity contribution in [1.82, 2.24) is 5.32 Å². The lowest BCUT2D eigenvalue weighted by molar-refractivity contribution is 0.369. The van der Waals surface area contributed by atoms with Gasteiger partial charge in [-0.25, -0.2) is 4.39 Å². The summed E-state index contributed by atoms with van der Waals surface area (Å²) in [5.41, 5.74) is 1.06. The molecular formula is C10H11BrFN. The highest BCUT2D eigenvalue weighted by Gasteiger charge is 2.16. The normalized spacial score (nSPS) is 21.2. The number of hydrogen-bond acceptors (Lipinski definition) is 1. The molecule has 0 saturated carbocycles. The molecule has 1 N–H and O–H groups in total. The van der Waals surface area contributed by atoms with Crippen LogP contribution in [0.25, 0.3) is 0 Å². The summed E-state index contributed by atoms with van der Waals surface area (Å²) >= 11 is 3.28. The Kier molecular flexibility index (Phi) is 2.65. The Balaban J connectivity index is 2.10. The minimum Gasteiger partial charge on any atom is -0.314 e. The molecule has 1 aliphatic rings. The van der Waals surface area contributed by atoms with Crippen molar-refractivity contribution in [3.63, 3.8) is 0 Å². The summed E-state index contributed by atoms with van der Waals surface area (Å²) in [4.78, 5) is 0. The van der Waals surface area contributed by atoms with Crippen LogP contribution in [0.15, 0.2) is 22.7 Å². The van der Waals surface area contributed by atoms with Gasteiger partial charge in [0.15, 0.2) is 0 Å². The van der Waals surface area contributed by atoms with Gasteiger partial charge in [-0.3, -0.25) is 0 Å². The summed E-state index contributed by atoms with van der Waals surface area (Å²) in [5, 5.41) is 3.30. The maximum atomic E-state index is 12.9. The molecule has 0 spiro atoms. The van der Waals surface area contributed by atoms with E-state index < -0.39 is 0 Å². The Hall–Kier alpha value is -0.410. The van der Waals surface area contributed by atoms with Gasteiger partial charge in [-0.1, -0.05) is 15.9 Å². The molecule has 0 radical (unpaired) electrons. The lowest BCUT2D eigenvalue weighted by Gasteiger charge is -2.27. The molecule has 0 aromatic heterocycles. The second-order valence-electron chi connectivity index (χ2n) is 3.42. The number of halogens is 2. The van der Waals surface area contributed by atoms with Gasteiger partial charge in [0.05, 0.1) is 0 Å². The minimum absolute atomic E-state index is 0.163.